The van der Waals surface area contributed by atoms with E-state index in [0.717, 1.165) is 12.2 Å². The van der Waals surface area contributed by atoms with E-state index in [1.165, 1.54) is 16.8 Å². The number of aryl methyl sites for hydroxylation is 1. The first-order valence-corrected chi connectivity index (χ1v) is 8.27. The van der Waals surface area contributed by atoms with Gasteiger partial charge in [-0.1, -0.05) is 12.1 Å². The molecule has 140 valence electrons. The third-order valence-corrected chi connectivity index (χ3v) is 3.74. The topological polar surface area (TPSA) is 117 Å². The molecular weight excluding hydrogens is 352 g/mol. The van der Waals surface area contributed by atoms with Gasteiger partial charge in [0.15, 0.2) is 12.5 Å². The van der Waals surface area contributed by atoms with E-state index in [0.29, 0.717) is 6.54 Å². The van der Waals surface area contributed by atoms with Gasteiger partial charge in [-0.15, -0.1) is 0 Å². The molecule has 0 saturated heterocycles. The van der Waals surface area contributed by atoms with E-state index in [4.69, 9.17) is 4.74 Å². The lowest BCUT2D eigenvalue weighted by Crippen LogP contribution is -2.24. The third kappa shape index (κ3) is 4.48. The van der Waals surface area contributed by atoms with Gasteiger partial charge in [0, 0.05) is 25.0 Å². The van der Waals surface area contributed by atoms with Crippen molar-refractivity contribution in [3.05, 3.63) is 70.3 Å². The van der Waals surface area contributed by atoms with Crippen molar-refractivity contribution in [3.8, 4) is 5.75 Å². The van der Waals surface area contributed by atoms with Gasteiger partial charge >= 0.3 is 5.69 Å². The summed E-state index contributed by atoms with van der Waals surface area (Å²) in [5.41, 5.74) is 0.842. The number of nitrogens with one attached hydrogen (secondary N) is 1. The standard InChI is InChI=1S/C17H18N6O4/c1-2-21-9-7-13(19-21)11-18-17(24)14-8-10-22(20-14)12-27-16-6-4-3-5-15(16)23(25)26/h3-10H,2,11-12H2,1H3,(H,18,24). The largest absolute Gasteiger partial charge is 0.464 e. The minimum atomic E-state index is -0.517. The van der Waals surface area contributed by atoms with Crippen LogP contribution in [0.3, 0.4) is 0 Å². The molecule has 3 rings (SSSR count). The molecule has 10 nitrogen and oxygen atoms in total. The number of amides is 1. The average Bonchev–Trinajstić information content (AvgIpc) is 3.34. The summed E-state index contributed by atoms with van der Waals surface area (Å²) in [6.45, 7) is 2.98. The van der Waals surface area contributed by atoms with Crippen LogP contribution in [0, 0.1) is 10.1 Å². The van der Waals surface area contributed by atoms with Crippen molar-refractivity contribution in [1.29, 1.82) is 0 Å². The second-order valence-electron chi connectivity index (χ2n) is 5.58. The molecule has 0 fully saturated rings. The normalized spacial score (nSPS) is 10.6. The minimum Gasteiger partial charge on any atom is -0.464 e. The molecule has 1 amide bonds. The number of benzene rings is 1. The summed E-state index contributed by atoms with van der Waals surface area (Å²) in [4.78, 5) is 22.6. The number of hydrogen-bond donors (Lipinski definition) is 1. The van der Waals surface area contributed by atoms with Crippen molar-refractivity contribution >= 4 is 11.6 Å². The Morgan fingerprint density at radius 1 is 1.19 bits per heavy atom. The summed E-state index contributed by atoms with van der Waals surface area (Å²) in [5, 5.41) is 22.1. The fraction of sp³-hybridized carbons (Fsp3) is 0.235. The molecule has 0 aliphatic rings. The van der Waals surface area contributed by atoms with E-state index in [1.54, 1.807) is 29.1 Å². The van der Waals surface area contributed by atoms with E-state index in [1.807, 2.05) is 19.2 Å². The number of carbonyl (C=O) groups is 1. The number of nitro benzene ring substituents is 1. The molecule has 1 N–H and O–H groups in total. The highest BCUT2D eigenvalue weighted by Crippen LogP contribution is 2.25. The number of nitrogens with zero attached hydrogens (tertiary/aromatic N) is 5. The van der Waals surface area contributed by atoms with Crippen molar-refractivity contribution in [3.63, 3.8) is 0 Å². The summed E-state index contributed by atoms with van der Waals surface area (Å²) >= 11 is 0. The summed E-state index contributed by atoms with van der Waals surface area (Å²) < 4.78 is 8.60. The van der Waals surface area contributed by atoms with Crippen LogP contribution in [-0.2, 0) is 19.8 Å². The summed E-state index contributed by atoms with van der Waals surface area (Å²) in [7, 11) is 0. The first kappa shape index (κ1) is 18.1. The zero-order valence-electron chi connectivity index (χ0n) is 14.6. The van der Waals surface area contributed by atoms with Crippen LogP contribution in [0.1, 0.15) is 23.1 Å². The fourth-order valence-electron chi connectivity index (χ4n) is 2.36. The Morgan fingerprint density at radius 3 is 2.70 bits per heavy atom. The third-order valence-electron chi connectivity index (χ3n) is 3.74. The molecule has 1 aromatic carbocycles. The highest BCUT2D eigenvalue weighted by Gasteiger charge is 2.14. The molecule has 0 bridgehead atoms. The highest BCUT2D eigenvalue weighted by atomic mass is 16.6. The molecule has 10 heteroatoms. The van der Waals surface area contributed by atoms with E-state index in [2.05, 4.69) is 15.5 Å². The van der Waals surface area contributed by atoms with Crippen LogP contribution in [0.5, 0.6) is 5.75 Å². The van der Waals surface area contributed by atoms with Crippen molar-refractivity contribution in [2.45, 2.75) is 26.7 Å². The molecule has 2 heterocycles. The molecule has 0 aliphatic heterocycles. The smallest absolute Gasteiger partial charge is 0.311 e. The monoisotopic (exact) mass is 370 g/mol. The molecule has 0 unspecified atom stereocenters. The van der Waals surface area contributed by atoms with Crippen molar-refractivity contribution in [2.75, 3.05) is 0 Å². The predicted molar refractivity (Wildman–Crippen MR) is 95.0 cm³/mol. The van der Waals surface area contributed by atoms with Crippen LogP contribution in [0.25, 0.3) is 0 Å². The van der Waals surface area contributed by atoms with Gasteiger partial charge in [-0.25, -0.2) is 4.68 Å². The second-order valence-corrected chi connectivity index (χ2v) is 5.58. The number of carbonyl (C=O) groups excluding carboxylic acids is 1. The maximum Gasteiger partial charge on any atom is 0.311 e. The summed E-state index contributed by atoms with van der Waals surface area (Å²) in [6, 6.07) is 9.45. The van der Waals surface area contributed by atoms with E-state index >= 15 is 0 Å². The van der Waals surface area contributed by atoms with Gasteiger partial charge in [0.05, 0.1) is 17.2 Å². The van der Waals surface area contributed by atoms with Crippen LogP contribution >= 0.6 is 0 Å². The lowest BCUT2D eigenvalue weighted by molar-refractivity contribution is -0.386. The zero-order valence-corrected chi connectivity index (χ0v) is 14.6. The van der Waals surface area contributed by atoms with Gasteiger partial charge in [-0.05, 0) is 25.1 Å². The predicted octanol–water partition coefficient (Wildman–Crippen LogP) is 1.97. The SMILES string of the molecule is CCn1ccc(CNC(=O)c2ccn(COc3ccccc3[N+](=O)[O-])n2)n1. The van der Waals surface area contributed by atoms with Crippen molar-refractivity contribution in [1.82, 2.24) is 24.9 Å². The Balaban J connectivity index is 1.56. The summed E-state index contributed by atoms with van der Waals surface area (Å²) in [5.74, 6) is -0.207. The maximum absolute atomic E-state index is 12.2. The first-order chi connectivity index (χ1) is 13.1. The first-order valence-electron chi connectivity index (χ1n) is 8.27. The number of rotatable bonds is 8. The molecule has 2 aromatic heterocycles. The quantitative estimate of drug-likeness (QED) is 0.478. The molecule has 27 heavy (non-hydrogen) atoms. The fourth-order valence-corrected chi connectivity index (χ4v) is 2.36. The van der Waals surface area contributed by atoms with Gasteiger partial charge < -0.3 is 10.1 Å². The van der Waals surface area contributed by atoms with Crippen LogP contribution in [0.2, 0.25) is 0 Å². The van der Waals surface area contributed by atoms with Gasteiger partial charge in [-0.3, -0.25) is 19.6 Å². The summed E-state index contributed by atoms with van der Waals surface area (Å²) in [6.07, 6.45) is 3.41. The Labute approximate surface area is 154 Å². The van der Waals surface area contributed by atoms with E-state index in [-0.39, 0.29) is 29.8 Å². The minimum absolute atomic E-state index is 0.0565. The Kier molecular flexibility index (Phi) is 5.45. The molecule has 0 spiro atoms. The van der Waals surface area contributed by atoms with Gasteiger partial charge in [0.1, 0.15) is 5.69 Å². The Morgan fingerprint density at radius 2 is 1.96 bits per heavy atom. The van der Waals surface area contributed by atoms with Gasteiger partial charge in [-0.2, -0.15) is 10.2 Å². The zero-order chi connectivity index (χ0) is 19.2. The van der Waals surface area contributed by atoms with Crippen molar-refractivity contribution < 1.29 is 14.5 Å². The Hall–Kier alpha value is -3.69. The number of ether oxygens (including phenoxy) is 1. The highest BCUT2D eigenvalue weighted by molar-refractivity contribution is 5.92. The average molecular weight is 370 g/mol. The second kappa shape index (κ2) is 8.13. The lowest BCUT2D eigenvalue weighted by atomic mass is 10.3. The molecule has 0 saturated carbocycles. The number of para-hydroxylation sites is 2. The molecule has 0 radical (unpaired) electrons. The van der Waals surface area contributed by atoms with Crippen LogP contribution in [0.4, 0.5) is 5.69 Å². The molecular formula is C17H18N6O4. The van der Waals surface area contributed by atoms with Gasteiger partial charge in [0.2, 0.25) is 0 Å². The van der Waals surface area contributed by atoms with E-state index < -0.39 is 4.92 Å². The molecule has 0 aliphatic carbocycles. The van der Waals surface area contributed by atoms with Crippen LogP contribution in [-0.4, -0.2) is 30.4 Å². The van der Waals surface area contributed by atoms with Crippen molar-refractivity contribution in [2.24, 2.45) is 0 Å². The number of hydrogen-bond acceptors (Lipinski definition) is 6. The van der Waals surface area contributed by atoms with Gasteiger partial charge in [0.25, 0.3) is 5.91 Å². The molecule has 3 aromatic rings. The molecule has 0 atom stereocenters. The van der Waals surface area contributed by atoms with Crippen LogP contribution < -0.4 is 10.1 Å². The Bertz CT molecular complexity index is 948. The lowest BCUT2D eigenvalue weighted by Gasteiger charge is -2.06. The van der Waals surface area contributed by atoms with E-state index in [9.17, 15) is 14.9 Å². The number of aromatic nitrogens is 4. The maximum atomic E-state index is 12.2. The van der Waals surface area contributed by atoms with Crippen LogP contribution in [0.15, 0.2) is 48.8 Å². The number of nitro groups is 1.